The van der Waals surface area contributed by atoms with E-state index in [9.17, 15) is 8.78 Å². The van der Waals surface area contributed by atoms with Crippen LogP contribution in [0, 0.1) is 11.6 Å². The van der Waals surface area contributed by atoms with Gasteiger partial charge < -0.3 is 10.5 Å². The molecule has 2 unspecified atom stereocenters. The van der Waals surface area contributed by atoms with Crippen LogP contribution in [-0.4, -0.2) is 13.2 Å². The molecular formula is C10H13F2NO. The Balaban J connectivity index is 3.01. The zero-order valence-electron chi connectivity index (χ0n) is 8.13. The number of hydrogen-bond donors (Lipinski definition) is 1. The molecule has 1 aromatic carbocycles. The molecule has 0 fully saturated rings. The zero-order valence-corrected chi connectivity index (χ0v) is 8.13. The van der Waals surface area contributed by atoms with Crippen LogP contribution in [0.1, 0.15) is 18.5 Å². The molecule has 2 N–H and O–H groups in total. The van der Waals surface area contributed by atoms with Crippen molar-refractivity contribution in [2.75, 3.05) is 7.11 Å². The highest BCUT2D eigenvalue weighted by Gasteiger charge is 2.19. The maximum Gasteiger partial charge on any atom is 0.163 e. The smallest absolute Gasteiger partial charge is 0.163 e. The molecule has 0 spiro atoms. The first kappa shape index (κ1) is 11.1. The van der Waals surface area contributed by atoms with E-state index in [2.05, 4.69) is 0 Å². The van der Waals surface area contributed by atoms with Gasteiger partial charge in [0.05, 0.1) is 12.1 Å². The molecule has 0 saturated carbocycles. The van der Waals surface area contributed by atoms with E-state index in [1.807, 2.05) is 0 Å². The third-order valence-corrected chi connectivity index (χ3v) is 2.22. The first-order valence-corrected chi connectivity index (χ1v) is 4.30. The number of rotatable bonds is 3. The van der Waals surface area contributed by atoms with Crippen LogP contribution in [0.4, 0.5) is 8.78 Å². The molecule has 2 atom stereocenters. The van der Waals surface area contributed by atoms with Crippen molar-refractivity contribution in [1.29, 1.82) is 0 Å². The Morgan fingerprint density at radius 1 is 1.36 bits per heavy atom. The second kappa shape index (κ2) is 4.48. The lowest BCUT2D eigenvalue weighted by Gasteiger charge is -2.19. The Kier molecular flexibility index (Phi) is 3.55. The molecule has 1 aromatic rings. The summed E-state index contributed by atoms with van der Waals surface area (Å²) in [6.45, 7) is 1.70. The monoisotopic (exact) mass is 201 g/mol. The van der Waals surface area contributed by atoms with Gasteiger partial charge in [0.1, 0.15) is 0 Å². The predicted octanol–water partition coefficient (Wildman–Crippen LogP) is 2.00. The van der Waals surface area contributed by atoms with Crippen LogP contribution in [0.25, 0.3) is 0 Å². The van der Waals surface area contributed by atoms with Crippen LogP contribution < -0.4 is 5.73 Å². The van der Waals surface area contributed by atoms with Gasteiger partial charge in [-0.05, 0) is 13.0 Å². The van der Waals surface area contributed by atoms with Crippen molar-refractivity contribution in [1.82, 2.24) is 0 Å². The summed E-state index contributed by atoms with van der Waals surface area (Å²) in [5.74, 6) is -1.79. The number of methoxy groups -OCH3 is 1. The molecule has 0 aliphatic rings. The van der Waals surface area contributed by atoms with Crippen LogP contribution in [-0.2, 0) is 4.74 Å². The maximum atomic E-state index is 13.2. The summed E-state index contributed by atoms with van der Waals surface area (Å²) in [4.78, 5) is 0. The normalized spacial score (nSPS) is 15.2. The van der Waals surface area contributed by atoms with Crippen molar-refractivity contribution in [2.45, 2.75) is 19.1 Å². The fourth-order valence-corrected chi connectivity index (χ4v) is 1.18. The molecule has 14 heavy (non-hydrogen) atoms. The fraction of sp³-hybridized carbons (Fsp3) is 0.400. The van der Waals surface area contributed by atoms with E-state index in [1.165, 1.54) is 19.2 Å². The first-order valence-electron chi connectivity index (χ1n) is 4.30. The minimum Gasteiger partial charge on any atom is -0.380 e. The number of halogens is 2. The SMILES string of the molecule is COC(C)C(N)c1cccc(F)c1F. The van der Waals surface area contributed by atoms with E-state index >= 15 is 0 Å². The Hall–Kier alpha value is -1.00. The van der Waals surface area contributed by atoms with Crippen LogP contribution >= 0.6 is 0 Å². The first-order chi connectivity index (χ1) is 6.57. The third-order valence-electron chi connectivity index (χ3n) is 2.22. The maximum absolute atomic E-state index is 13.2. The summed E-state index contributed by atoms with van der Waals surface area (Å²) < 4.78 is 31.0. The topological polar surface area (TPSA) is 35.2 Å². The van der Waals surface area contributed by atoms with Gasteiger partial charge in [0.25, 0.3) is 0 Å². The molecule has 2 nitrogen and oxygen atoms in total. The summed E-state index contributed by atoms with van der Waals surface area (Å²) in [5.41, 5.74) is 5.83. The molecule has 0 aliphatic heterocycles. The Labute approximate surface area is 81.7 Å². The average molecular weight is 201 g/mol. The van der Waals surface area contributed by atoms with E-state index in [-0.39, 0.29) is 11.7 Å². The van der Waals surface area contributed by atoms with E-state index in [0.717, 1.165) is 6.07 Å². The minimum absolute atomic E-state index is 0.138. The molecule has 0 radical (unpaired) electrons. The molecule has 78 valence electrons. The van der Waals surface area contributed by atoms with Crippen LogP contribution in [0.3, 0.4) is 0 Å². The van der Waals surface area contributed by atoms with Crippen molar-refractivity contribution in [3.8, 4) is 0 Å². The van der Waals surface area contributed by atoms with Crippen LogP contribution in [0.15, 0.2) is 18.2 Å². The van der Waals surface area contributed by atoms with E-state index in [1.54, 1.807) is 6.92 Å². The Bertz CT molecular complexity index is 317. The predicted molar refractivity (Wildman–Crippen MR) is 49.8 cm³/mol. The number of hydrogen-bond acceptors (Lipinski definition) is 2. The molecule has 1 rings (SSSR count). The second-order valence-electron chi connectivity index (χ2n) is 3.11. The van der Waals surface area contributed by atoms with Gasteiger partial charge in [-0.15, -0.1) is 0 Å². The molecule has 0 amide bonds. The molecular weight excluding hydrogens is 188 g/mol. The lowest BCUT2D eigenvalue weighted by molar-refractivity contribution is 0.0943. The number of nitrogens with two attached hydrogens (primary N) is 1. The molecule has 0 aliphatic carbocycles. The summed E-state index contributed by atoms with van der Waals surface area (Å²) in [7, 11) is 1.47. The summed E-state index contributed by atoms with van der Waals surface area (Å²) in [6.07, 6.45) is -0.355. The van der Waals surface area contributed by atoms with Crippen molar-refractivity contribution in [3.05, 3.63) is 35.4 Å². The summed E-state index contributed by atoms with van der Waals surface area (Å²) in [6, 6.07) is 3.29. The molecule has 0 bridgehead atoms. The van der Waals surface area contributed by atoms with E-state index < -0.39 is 17.7 Å². The highest BCUT2D eigenvalue weighted by molar-refractivity contribution is 5.23. The van der Waals surface area contributed by atoms with E-state index in [4.69, 9.17) is 10.5 Å². The van der Waals surface area contributed by atoms with Crippen LogP contribution in [0.5, 0.6) is 0 Å². The van der Waals surface area contributed by atoms with Gasteiger partial charge in [-0.1, -0.05) is 12.1 Å². The Morgan fingerprint density at radius 2 is 2.00 bits per heavy atom. The van der Waals surface area contributed by atoms with Gasteiger partial charge >= 0.3 is 0 Å². The van der Waals surface area contributed by atoms with Gasteiger partial charge in [0.15, 0.2) is 11.6 Å². The average Bonchev–Trinajstić information content (AvgIpc) is 2.20. The number of benzene rings is 1. The van der Waals surface area contributed by atoms with Gasteiger partial charge in [-0.3, -0.25) is 0 Å². The largest absolute Gasteiger partial charge is 0.380 e. The molecule has 0 aromatic heterocycles. The second-order valence-corrected chi connectivity index (χ2v) is 3.11. The molecule has 4 heteroatoms. The molecule has 0 heterocycles. The third kappa shape index (κ3) is 2.08. The zero-order chi connectivity index (χ0) is 10.7. The molecule has 0 saturated heterocycles. The van der Waals surface area contributed by atoms with Gasteiger partial charge in [-0.25, -0.2) is 8.78 Å². The van der Waals surface area contributed by atoms with E-state index in [0.29, 0.717) is 0 Å². The summed E-state index contributed by atoms with van der Waals surface area (Å²) >= 11 is 0. The van der Waals surface area contributed by atoms with Crippen molar-refractivity contribution in [2.24, 2.45) is 5.73 Å². The number of ether oxygens (including phenoxy) is 1. The minimum atomic E-state index is -0.899. The highest BCUT2D eigenvalue weighted by atomic mass is 19.2. The highest BCUT2D eigenvalue weighted by Crippen LogP contribution is 2.21. The van der Waals surface area contributed by atoms with Gasteiger partial charge in [0, 0.05) is 12.7 Å². The lowest BCUT2D eigenvalue weighted by atomic mass is 10.0. The summed E-state index contributed by atoms with van der Waals surface area (Å²) in [5, 5.41) is 0. The van der Waals surface area contributed by atoms with Gasteiger partial charge in [0.2, 0.25) is 0 Å². The van der Waals surface area contributed by atoms with Crippen LogP contribution in [0.2, 0.25) is 0 Å². The quantitative estimate of drug-likeness (QED) is 0.811. The lowest BCUT2D eigenvalue weighted by Crippen LogP contribution is -2.26. The van der Waals surface area contributed by atoms with Crippen molar-refractivity contribution >= 4 is 0 Å². The Morgan fingerprint density at radius 3 is 2.57 bits per heavy atom. The van der Waals surface area contributed by atoms with Crippen molar-refractivity contribution in [3.63, 3.8) is 0 Å². The standard InChI is InChI=1S/C10H13F2NO/c1-6(14-2)10(13)7-4-3-5-8(11)9(7)12/h3-6,10H,13H2,1-2H3. The fourth-order valence-electron chi connectivity index (χ4n) is 1.18. The van der Waals surface area contributed by atoms with Gasteiger partial charge in [-0.2, -0.15) is 0 Å². The van der Waals surface area contributed by atoms with Crippen molar-refractivity contribution < 1.29 is 13.5 Å².